The maximum atomic E-state index is 11.5. The zero-order valence-electron chi connectivity index (χ0n) is 10.1. The quantitative estimate of drug-likeness (QED) is 0.723. The number of carbonyl (C=O) groups excluding carboxylic acids is 1. The van der Waals surface area contributed by atoms with Crippen LogP contribution in [0.1, 0.15) is 47.0 Å². The Morgan fingerprint density at radius 2 is 2.20 bits per heavy atom. The smallest absolute Gasteiger partial charge is 0.411 e. The first-order chi connectivity index (χ1) is 6.88. The third-order valence-corrected chi connectivity index (χ3v) is 2.38. The molecule has 86 valence electrons. The third-order valence-electron chi connectivity index (χ3n) is 2.38. The number of rotatable bonds is 1. The average Bonchev–Trinajstić information content (AvgIpc) is 2.05. The van der Waals surface area contributed by atoms with Crippen LogP contribution in [0.25, 0.3) is 0 Å². The second-order valence-electron chi connectivity index (χ2n) is 5.12. The molecule has 0 saturated carbocycles. The molecule has 0 spiro atoms. The Bertz CT molecular complexity index is 263. The lowest BCUT2D eigenvalue weighted by Crippen LogP contribution is -2.34. The number of ether oxygens (including phenoxy) is 1. The number of amides is 1. The van der Waals surface area contributed by atoms with E-state index >= 15 is 0 Å². The van der Waals surface area contributed by atoms with Gasteiger partial charge < -0.3 is 4.74 Å². The summed E-state index contributed by atoms with van der Waals surface area (Å²) in [6.07, 6.45) is 5.15. The second kappa shape index (κ2) is 4.69. The molecule has 1 N–H and O–H groups in total. The van der Waals surface area contributed by atoms with Gasteiger partial charge in [-0.1, -0.05) is 13.0 Å². The molecule has 0 fully saturated rings. The second-order valence-corrected chi connectivity index (χ2v) is 5.12. The Morgan fingerprint density at radius 1 is 1.53 bits per heavy atom. The number of carbonyl (C=O) groups is 1. The van der Waals surface area contributed by atoms with Gasteiger partial charge in [0.05, 0.1) is 0 Å². The van der Waals surface area contributed by atoms with E-state index in [4.69, 9.17) is 4.74 Å². The summed E-state index contributed by atoms with van der Waals surface area (Å²) in [5.41, 5.74) is 0.582. The lowest BCUT2D eigenvalue weighted by Gasteiger charge is -2.24. The summed E-state index contributed by atoms with van der Waals surface area (Å²) in [7, 11) is 0. The Morgan fingerprint density at radius 3 is 2.73 bits per heavy atom. The minimum atomic E-state index is -0.428. The van der Waals surface area contributed by atoms with E-state index in [1.54, 1.807) is 0 Å². The van der Waals surface area contributed by atoms with Crippen molar-refractivity contribution in [1.82, 2.24) is 5.32 Å². The molecule has 1 atom stereocenters. The highest BCUT2D eigenvalue weighted by Gasteiger charge is 2.19. The Hall–Kier alpha value is -0.990. The Balaban J connectivity index is 2.47. The molecule has 3 nitrogen and oxygen atoms in total. The van der Waals surface area contributed by atoms with Crippen molar-refractivity contribution in [1.29, 1.82) is 0 Å². The van der Waals surface area contributed by atoms with Crippen molar-refractivity contribution in [2.45, 2.75) is 52.6 Å². The van der Waals surface area contributed by atoms with Crippen molar-refractivity contribution in [3.63, 3.8) is 0 Å². The minimum Gasteiger partial charge on any atom is -0.444 e. The van der Waals surface area contributed by atoms with Gasteiger partial charge in [0, 0.05) is 5.70 Å². The van der Waals surface area contributed by atoms with Gasteiger partial charge in [-0.25, -0.2) is 4.79 Å². The van der Waals surface area contributed by atoms with Crippen LogP contribution in [0.3, 0.4) is 0 Å². The lowest BCUT2D eigenvalue weighted by molar-refractivity contribution is 0.0539. The summed E-state index contributed by atoms with van der Waals surface area (Å²) in [5, 5.41) is 2.83. The molecule has 0 heterocycles. The van der Waals surface area contributed by atoms with Crippen molar-refractivity contribution in [2.24, 2.45) is 5.92 Å². The lowest BCUT2D eigenvalue weighted by atomic mass is 9.94. The van der Waals surface area contributed by atoms with Gasteiger partial charge in [-0.15, -0.1) is 0 Å². The topological polar surface area (TPSA) is 38.3 Å². The van der Waals surface area contributed by atoms with Crippen LogP contribution < -0.4 is 5.32 Å². The number of alkyl carbamates (subject to hydrolysis) is 1. The Labute approximate surface area is 91.9 Å². The highest BCUT2D eigenvalue weighted by Crippen LogP contribution is 2.22. The number of hydrogen-bond acceptors (Lipinski definition) is 2. The third kappa shape index (κ3) is 4.36. The fraction of sp³-hybridized carbons (Fsp3) is 0.750. The molecule has 0 aromatic heterocycles. The summed E-state index contributed by atoms with van der Waals surface area (Å²) in [4.78, 5) is 11.5. The van der Waals surface area contributed by atoms with E-state index in [-0.39, 0.29) is 6.09 Å². The summed E-state index contributed by atoms with van der Waals surface area (Å²) < 4.78 is 5.20. The molecule has 0 bridgehead atoms. The summed E-state index contributed by atoms with van der Waals surface area (Å²) in [6, 6.07) is 0. The van der Waals surface area contributed by atoms with Gasteiger partial charge >= 0.3 is 6.09 Å². The molecular weight excluding hydrogens is 190 g/mol. The van der Waals surface area contributed by atoms with Crippen LogP contribution in [-0.4, -0.2) is 11.7 Å². The molecule has 1 aliphatic rings. The maximum Gasteiger partial charge on any atom is 0.411 e. The molecule has 1 amide bonds. The predicted molar refractivity (Wildman–Crippen MR) is 60.5 cm³/mol. The van der Waals surface area contributed by atoms with E-state index in [2.05, 4.69) is 18.3 Å². The van der Waals surface area contributed by atoms with Gasteiger partial charge in [-0.2, -0.15) is 0 Å². The number of hydrogen-bond donors (Lipinski definition) is 1. The molecule has 0 radical (unpaired) electrons. The van der Waals surface area contributed by atoms with Gasteiger partial charge in [0.2, 0.25) is 0 Å². The highest BCUT2D eigenvalue weighted by molar-refractivity contribution is 5.70. The van der Waals surface area contributed by atoms with Gasteiger partial charge in [0.15, 0.2) is 0 Å². The van der Waals surface area contributed by atoms with Crippen LogP contribution in [0.15, 0.2) is 11.8 Å². The van der Waals surface area contributed by atoms with E-state index in [0.29, 0.717) is 5.92 Å². The maximum absolute atomic E-state index is 11.5. The Kier molecular flexibility index (Phi) is 3.77. The van der Waals surface area contributed by atoms with E-state index in [9.17, 15) is 4.79 Å². The van der Waals surface area contributed by atoms with Crippen molar-refractivity contribution in [2.75, 3.05) is 0 Å². The molecule has 1 rings (SSSR count). The van der Waals surface area contributed by atoms with Crippen molar-refractivity contribution < 1.29 is 9.53 Å². The minimum absolute atomic E-state index is 0.345. The average molecular weight is 211 g/mol. The van der Waals surface area contributed by atoms with Gasteiger partial charge in [-0.3, -0.25) is 5.32 Å². The van der Waals surface area contributed by atoms with Crippen molar-refractivity contribution in [3.05, 3.63) is 11.8 Å². The zero-order valence-corrected chi connectivity index (χ0v) is 10.1. The summed E-state index contributed by atoms with van der Waals surface area (Å²) >= 11 is 0. The van der Waals surface area contributed by atoms with Gasteiger partial charge in [-0.05, 0) is 46.0 Å². The predicted octanol–water partition coefficient (Wildman–Crippen LogP) is 3.22. The largest absolute Gasteiger partial charge is 0.444 e. The van der Waals surface area contributed by atoms with Gasteiger partial charge in [0.1, 0.15) is 5.60 Å². The van der Waals surface area contributed by atoms with E-state index < -0.39 is 5.60 Å². The fourth-order valence-electron chi connectivity index (χ4n) is 1.63. The molecule has 0 aromatic rings. The van der Waals surface area contributed by atoms with Crippen LogP contribution >= 0.6 is 0 Å². The van der Waals surface area contributed by atoms with Crippen LogP contribution in [0.4, 0.5) is 4.79 Å². The molecule has 0 saturated heterocycles. The molecule has 0 aromatic carbocycles. The standard InChI is InChI=1S/C12H21NO2/c1-9-7-5-6-8-10(9)13-11(14)15-12(2,3)4/h8-9H,5-7H2,1-4H3,(H,13,14). The van der Waals surface area contributed by atoms with Crippen LogP contribution in [0.2, 0.25) is 0 Å². The normalized spacial score (nSPS) is 21.9. The van der Waals surface area contributed by atoms with E-state index in [1.807, 2.05) is 20.8 Å². The molecule has 3 heteroatoms. The highest BCUT2D eigenvalue weighted by atomic mass is 16.6. The van der Waals surface area contributed by atoms with Crippen LogP contribution in [0, 0.1) is 5.92 Å². The van der Waals surface area contributed by atoms with Crippen molar-refractivity contribution in [3.8, 4) is 0 Å². The molecule has 1 unspecified atom stereocenters. The first kappa shape index (κ1) is 12.1. The van der Waals surface area contributed by atoms with E-state index in [1.165, 1.54) is 6.42 Å². The first-order valence-electron chi connectivity index (χ1n) is 5.58. The molecule has 0 aliphatic heterocycles. The SMILES string of the molecule is CC1CCCC=C1NC(=O)OC(C)(C)C. The molecular formula is C12H21NO2. The van der Waals surface area contributed by atoms with Crippen LogP contribution in [0.5, 0.6) is 0 Å². The number of nitrogens with one attached hydrogen (secondary N) is 1. The fourth-order valence-corrected chi connectivity index (χ4v) is 1.63. The zero-order chi connectivity index (χ0) is 11.5. The summed E-state index contributed by atoms with van der Waals surface area (Å²) in [5.74, 6) is 0.436. The van der Waals surface area contributed by atoms with Crippen LogP contribution in [-0.2, 0) is 4.74 Å². The van der Waals surface area contributed by atoms with Gasteiger partial charge in [0.25, 0.3) is 0 Å². The van der Waals surface area contributed by atoms with E-state index in [0.717, 1.165) is 18.5 Å². The first-order valence-corrected chi connectivity index (χ1v) is 5.58. The molecule has 15 heavy (non-hydrogen) atoms. The summed E-state index contributed by atoms with van der Waals surface area (Å²) in [6.45, 7) is 7.73. The number of allylic oxidation sites excluding steroid dienone is 2. The molecule has 1 aliphatic carbocycles. The monoisotopic (exact) mass is 211 g/mol. The van der Waals surface area contributed by atoms with Crippen molar-refractivity contribution >= 4 is 6.09 Å².